The zero-order valence-electron chi connectivity index (χ0n) is 27.3. The van der Waals surface area contributed by atoms with Crippen LogP contribution in [0.15, 0.2) is 18.2 Å². The molecule has 1 aromatic heterocycles. The predicted molar refractivity (Wildman–Crippen MR) is 160 cm³/mol. The summed E-state index contributed by atoms with van der Waals surface area (Å²) in [5.41, 5.74) is 1.30. The van der Waals surface area contributed by atoms with Crippen LogP contribution >= 0.6 is 0 Å². The molecule has 0 saturated carbocycles. The van der Waals surface area contributed by atoms with Crippen LogP contribution in [-0.2, 0) is 70.2 Å². The Morgan fingerprint density at radius 2 is 1.09 bits per heavy atom. The van der Waals surface area contributed by atoms with Crippen LogP contribution in [0.2, 0.25) is 0 Å². The number of pyridine rings is 1. The lowest BCUT2D eigenvalue weighted by atomic mass is 10.0. The van der Waals surface area contributed by atoms with Gasteiger partial charge in [-0.05, 0) is 39.8 Å². The monoisotopic (exact) mass is 655 g/mol. The summed E-state index contributed by atoms with van der Waals surface area (Å²) in [4.78, 5) is 28.9. The van der Waals surface area contributed by atoms with Gasteiger partial charge in [0.1, 0.15) is 37.6 Å². The fourth-order valence-corrected chi connectivity index (χ4v) is 5.09. The van der Waals surface area contributed by atoms with Crippen molar-refractivity contribution < 1.29 is 57.0 Å². The smallest absolute Gasteiger partial charge is 0.246 e. The molecule has 1 aromatic rings. The molecule has 0 radical (unpaired) electrons. The second-order valence-electron chi connectivity index (χ2n) is 11.9. The lowest BCUT2D eigenvalue weighted by Crippen LogP contribution is -2.51. The SMILES string of the molecule is CC1(C)OC[C@@H]([C@H]2OCCOCCNC(=O)COCc3cccc(n3)COCC(=O)NCCOCCO[C@@H]2[C@@H]2COC(C)(C)O2)O1. The van der Waals surface area contributed by atoms with Crippen molar-refractivity contribution in [3.05, 3.63) is 29.6 Å². The molecule has 4 heterocycles. The van der Waals surface area contributed by atoms with Gasteiger partial charge in [-0.15, -0.1) is 0 Å². The number of carbonyl (C=O) groups excluding carboxylic acids is 2. The molecule has 0 spiro atoms. The third-order valence-corrected chi connectivity index (χ3v) is 7.16. The number of hydrogen-bond donors (Lipinski definition) is 2. The molecule has 0 unspecified atom stereocenters. The van der Waals surface area contributed by atoms with Crippen LogP contribution in [0.3, 0.4) is 0 Å². The van der Waals surface area contributed by atoms with Gasteiger partial charge in [-0.25, -0.2) is 0 Å². The molecular weight excluding hydrogens is 606 g/mol. The Balaban J connectivity index is 1.35. The predicted octanol–water partition coefficient (Wildman–Crippen LogP) is 0.467. The maximum atomic E-state index is 12.2. The first-order valence-electron chi connectivity index (χ1n) is 15.8. The molecule has 4 atom stereocenters. The van der Waals surface area contributed by atoms with E-state index in [4.69, 9.17) is 47.4 Å². The van der Waals surface area contributed by atoms with E-state index in [0.717, 1.165) is 0 Å². The summed E-state index contributed by atoms with van der Waals surface area (Å²) >= 11 is 0. The molecule has 2 bridgehead atoms. The summed E-state index contributed by atoms with van der Waals surface area (Å²) in [6, 6.07) is 5.40. The largest absolute Gasteiger partial charge is 0.377 e. The highest BCUT2D eigenvalue weighted by Crippen LogP contribution is 2.32. The van der Waals surface area contributed by atoms with Gasteiger partial charge in [0.25, 0.3) is 0 Å². The lowest BCUT2D eigenvalue weighted by Gasteiger charge is -2.34. The Hall–Kier alpha value is -2.31. The van der Waals surface area contributed by atoms with Crippen LogP contribution in [0.1, 0.15) is 39.1 Å². The Kier molecular flexibility index (Phi) is 14.5. The minimum Gasteiger partial charge on any atom is -0.377 e. The number of hydrogen-bond acceptors (Lipinski definition) is 13. The van der Waals surface area contributed by atoms with E-state index in [1.807, 2.05) is 33.8 Å². The lowest BCUT2D eigenvalue weighted by molar-refractivity contribution is -0.207. The molecule has 0 aliphatic carbocycles. The van der Waals surface area contributed by atoms with E-state index >= 15 is 0 Å². The zero-order chi connectivity index (χ0) is 32.8. The van der Waals surface area contributed by atoms with E-state index in [2.05, 4.69) is 15.6 Å². The number of nitrogens with one attached hydrogen (secondary N) is 2. The van der Waals surface area contributed by atoms with Crippen molar-refractivity contribution in [3.63, 3.8) is 0 Å². The van der Waals surface area contributed by atoms with Crippen molar-refractivity contribution in [1.29, 1.82) is 0 Å². The summed E-state index contributed by atoms with van der Waals surface area (Å²) in [6.07, 6.45) is -2.00. The highest BCUT2D eigenvalue weighted by molar-refractivity contribution is 5.77. The van der Waals surface area contributed by atoms with E-state index in [1.165, 1.54) is 0 Å². The molecule has 0 aromatic carbocycles. The standard InChI is InChI=1S/C31H49N3O12/c1-30(2)43-18-24(45-30)28-29(25-19-44-31(3,4)46-25)42-15-13-38-11-9-33-27(36)21-40-17-23-7-5-6-22(34-23)16-39-20-26(35)32-8-10-37-12-14-41-28/h5-7,24-25,28-29H,8-21H2,1-4H3,(H,32,35)(H,33,36)/t24-,25-,28+,29+/m0/s1. The second kappa shape index (κ2) is 18.3. The summed E-state index contributed by atoms with van der Waals surface area (Å²) in [6.45, 7) is 10.3. The summed E-state index contributed by atoms with van der Waals surface area (Å²) in [5.74, 6) is -2.10. The van der Waals surface area contributed by atoms with Crippen LogP contribution in [0.4, 0.5) is 0 Å². The van der Waals surface area contributed by atoms with Gasteiger partial charge in [-0.2, -0.15) is 0 Å². The number of amides is 2. The van der Waals surface area contributed by atoms with Crippen molar-refractivity contribution in [1.82, 2.24) is 15.6 Å². The van der Waals surface area contributed by atoms with Crippen LogP contribution in [0, 0.1) is 0 Å². The normalized spacial score (nSPS) is 30.2. The fourth-order valence-electron chi connectivity index (χ4n) is 5.09. The second-order valence-corrected chi connectivity index (χ2v) is 11.9. The molecule has 2 saturated heterocycles. The van der Waals surface area contributed by atoms with Gasteiger partial charge >= 0.3 is 0 Å². The molecule has 46 heavy (non-hydrogen) atoms. The molecule has 2 N–H and O–H groups in total. The third-order valence-electron chi connectivity index (χ3n) is 7.16. The van der Waals surface area contributed by atoms with Gasteiger partial charge in [0.05, 0.1) is 77.5 Å². The van der Waals surface area contributed by atoms with Gasteiger partial charge in [-0.3, -0.25) is 14.6 Å². The Morgan fingerprint density at radius 3 is 1.50 bits per heavy atom. The van der Waals surface area contributed by atoms with E-state index in [-0.39, 0.29) is 64.7 Å². The molecule has 15 nitrogen and oxygen atoms in total. The minimum absolute atomic E-state index is 0.123. The van der Waals surface area contributed by atoms with Crippen LogP contribution in [-0.4, -0.2) is 132 Å². The molecule has 260 valence electrons. The fraction of sp³-hybridized carbons (Fsp3) is 0.774. The molecule has 15 heteroatoms. The number of rotatable bonds is 2. The average Bonchev–Trinajstić information content (AvgIpc) is 3.56. The third kappa shape index (κ3) is 12.7. The number of ether oxygens (including phenoxy) is 10. The Labute approximate surface area is 270 Å². The maximum absolute atomic E-state index is 12.2. The molecular formula is C31H49N3O12. The average molecular weight is 656 g/mol. The van der Waals surface area contributed by atoms with Gasteiger partial charge in [0.2, 0.25) is 11.8 Å². The summed E-state index contributed by atoms with van der Waals surface area (Å²) in [7, 11) is 0. The minimum atomic E-state index is -0.780. The van der Waals surface area contributed by atoms with Crippen molar-refractivity contribution in [2.75, 3.05) is 79.2 Å². The number of aromatic nitrogens is 1. The first kappa shape index (κ1) is 36.5. The molecule has 2 fully saturated rings. The summed E-state index contributed by atoms with van der Waals surface area (Å²) in [5, 5.41) is 5.54. The van der Waals surface area contributed by atoms with Gasteiger partial charge < -0.3 is 58.0 Å². The molecule has 3 aliphatic rings. The first-order valence-corrected chi connectivity index (χ1v) is 15.8. The zero-order valence-corrected chi connectivity index (χ0v) is 27.3. The van der Waals surface area contributed by atoms with E-state index in [9.17, 15) is 9.59 Å². The molecule has 4 rings (SSSR count). The van der Waals surface area contributed by atoms with Gasteiger partial charge in [0.15, 0.2) is 11.6 Å². The van der Waals surface area contributed by atoms with Crippen LogP contribution in [0.25, 0.3) is 0 Å². The summed E-state index contributed by atoms with van der Waals surface area (Å²) < 4.78 is 59.2. The van der Waals surface area contributed by atoms with Gasteiger partial charge in [0, 0.05) is 13.1 Å². The van der Waals surface area contributed by atoms with E-state index in [1.54, 1.807) is 12.1 Å². The van der Waals surface area contributed by atoms with Crippen molar-refractivity contribution in [2.45, 2.75) is 76.9 Å². The van der Waals surface area contributed by atoms with Crippen molar-refractivity contribution >= 4 is 11.8 Å². The number of carbonyl (C=O) groups is 2. The first-order chi connectivity index (χ1) is 22.1. The Bertz CT molecular complexity index is 1010. The van der Waals surface area contributed by atoms with E-state index in [0.29, 0.717) is 50.9 Å². The molecule has 2 amide bonds. The number of fused-ring (bicyclic) bond motifs is 2. The van der Waals surface area contributed by atoms with E-state index < -0.39 is 36.0 Å². The van der Waals surface area contributed by atoms with Crippen molar-refractivity contribution in [2.24, 2.45) is 0 Å². The maximum Gasteiger partial charge on any atom is 0.246 e. The van der Waals surface area contributed by atoms with Crippen LogP contribution in [0.5, 0.6) is 0 Å². The van der Waals surface area contributed by atoms with Crippen LogP contribution < -0.4 is 10.6 Å². The van der Waals surface area contributed by atoms with Gasteiger partial charge in [-0.1, -0.05) is 6.07 Å². The highest BCUT2D eigenvalue weighted by atomic mass is 16.8. The highest BCUT2D eigenvalue weighted by Gasteiger charge is 2.48. The number of nitrogens with zero attached hydrogens (tertiary/aromatic N) is 1. The van der Waals surface area contributed by atoms with Crippen molar-refractivity contribution in [3.8, 4) is 0 Å². The quantitative estimate of drug-likeness (QED) is 0.453. The topological polar surface area (TPSA) is 163 Å². The Morgan fingerprint density at radius 1 is 0.630 bits per heavy atom. The molecule has 3 aliphatic heterocycles.